The van der Waals surface area contributed by atoms with Gasteiger partial charge in [0.1, 0.15) is 5.82 Å². The highest BCUT2D eigenvalue weighted by Crippen LogP contribution is 2.33. The smallest absolute Gasteiger partial charge is 0.125 e. The Labute approximate surface area is 124 Å². The monoisotopic (exact) mass is 330 g/mol. The third-order valence-electron chi connectivity index (χ3n) is 3.16. The zero-order valence-corrected chi connectivity index (χ0v) is 12.1. The molecule has 3 aromatic rings. The molecule has 0 aliphatic rings. The van der Waals surface area contributed by atoms with Crippen molar-refractivity contribution in [3.63, 3.8) is 0 Å². The summed E-state index contributed by atoms with van der Waals surface area (Å²) in [5.41, 5.74) is 7.84. The molecule has 3 N–H and O–H groups in total. The van der Waals surface area contributed by atoms with Gasteiger partial charge in [0.15, 0.2) is 0 Å². The van der Waals surface area contributed by atoms with Crippen LogP contribution in [0, 0.1) is 5.82 Å². The third-order valence-corrected chi connectivity index (χ3v) is 3.85. The number of nitrogen functional groups attached to an aromatic ring is 1. The lowest BCUT2D eigenvalue weighted by Crippen LogP contribution is -1.97. The Kier molecular flexibility index (Phi) is 3.32. The highest BCUT2D eigenvalue weighted by Gasteiger charge is 2.06. The van der Waals surface area contributed by atoms with Gasteiger partial charge >= 0.3 is 0 Å². The number of anilines is 3. The molecule has 0 aliphatic carbocycles. The van der Waals surface area contributed by atoms with Crippen LogP contribution < -0.4 is 11.1 Å². The minimum Gasteiger partial charge on any atom is -0.397 e. The molecule has 0 aliphatic heterocycles. The van der Waals surface area contributed by atoms with Gasteiger partial charge in [0, 0.05) is 15.5 Å². The van der Waals surface area contributed by atoms with E-state index in [2.05, 4.69) is 21.2 Å². The standard InChI is InChI=1S/C16H12BrFN2/c17-13-6-8-15(12-4-2-1-3-11(12)13)20-16-9-10(18)5-7-14(16)19/h1-9,20H,19H2. The van der Waals surface area contributed by atoms with E-state index < -0.39 is 0 Å². The van der Waals surface area contributed by atoms with Gasteiger partial charge in [0.05, 0.1) is 11.4 Å². The molecule has 3 aromatic carbocycles. The summed E-state index contributed by atoms with van der Waals surface area (Å²) in [5.74, 6) is -0.317. The van der Waals surface area contributed by atoms with Crippen molar-refractivity contribution in [3.8, 4) is 0 Å². The molecular formula is C16H12BrFN2. The average molecular weight is 331 g/mol. The first-order valence-electron chi connectivity index (χ1n) is 6.14. The van der Waals surface area contributed by atoms with Gasteiger partial charge in [-0.3, -0.25) is 0 Å². The summed E-state index contributed by atoms with van der Waals surface area (Å²) in [6.07, 6.45) is 0. The number of fused-ring (bicyclic) bond motifs is 1. The van der Waals surface area contributed by atoms with Gasteiger partial charge in [-0.1, -0.05) is 40.2 Å². The van der Waals surface area contributed by atoms with E-state index in [1.54, 1.807) is 6.07 Å². The van der Waals surface area contributed by atoms with E-state index in [9.17, 15) is 4.39 Å². The zero-order chi connectivity index (χ0) is 14.1. The summed E-state index contributed by atoms with van der Waals surface area (Å²) in [6, 6.07) is 16.2. The van der Waals surface area contributed by atoms with E-state index in [4.69, 9.17) is 5.73 Å². The highest BCUT2D eigenvalue weighted by atomic mass is 79.9. The van der Waals surface area contributed by atoms with E-state index in [0.717, 1.165) is 20.9 Å². The molecule has 0 aromatic heterocycles. The third kappa shape index (κ3) is 2.34. The Hall–Kier alpha value is -2.07. The van der Waals surface area contributed by atoms with Gasteiger partial charge in [0.2, 0.25) is 0 Å². The Morgan fingerprint density at radius 2 is 1.65 bits per heavy atom. The van der Waals surface area contributed by atoms with Gasteiger partial charge in [-0.25, -0.2) is 4.39 Å². The molecule has 100 valence electrons. The number of nitrogens with one attached hydrogen (secondary N) is 1. The van der Waals surface area contributed by atoms with Crippen LogP contribution >= 0.6 is 15.9 Å². The molecule has 0 heterocycles. The van der Waals surface area contributed by atoms with Crippen LogP contribution in [0.15, 0.2) is 59.1 Å². The predicted octanol–water partition coefficient (Wildman–Crippen LogP) is 5.07. The molecule has 0 spiro atoms. The van der Waals surface area contributed by atoms with Crippen LogP contribution in [-0.4, -0.2) is 0 Å². The molecule has 3 rings (SSSR count). The first-order valence-corrected chi connectivity index (χ1v) is 6.94. The topological polar surface area (TPSA) is 38.0 Å². The van der Waals surface area contributed by atoms with Crippen molar-refractivity contribution in [2.45, 2.75) is 0 Å². The fraction of sp³-hybridized carbons (Fsp3) is 0. The highest BCUT2D eigenvalue weighted by molar-refractivity contribution is 9.10. The number of halogens is 2. The number of nitrogens with two attached hydrogens (primary N) is 1. The van der Waals surface area contributed by atoms with Crippen LogP contribution in [0.4, 0.5) is 21.5 Å². The molecule has 0 unspecified atom stereocenters. The summed E-state index contributed by atoms with van der Waals surface area (Å²) in [6.45, 7) is 0. The van der Waals surface area contributed by atoms with Crippen molar-refractivity contribution >= 4 is 43.8 Å². The SMILES string of the molecule is Nc1ccc(F)cc1Nc1ccc(Br)c2ccccc12. The molecule has 0 bridgehead atoms. The van der Waals surface area contributed by atoms with Crippen LogP contribution in [0.25, 0.3) is 10.8 Å². The maximum atomic E-state index is 13.3. The van der Waals surface area contributed by atoms with Crippen molar-refractivity contribution in [2.24, 2.45) is 0 Å². The van der Waals surface area contributed by atoms with Crippen LogP contribution in [0.3, 0.4) is 0 Å². The summed E-state index contributed by atoms with van der Waals surface area (Å²) in [5, 5.41) is 5.33. The lowest BCUT2D eigenvalue weighted by molar-refractivity contribution is 0.628. The van der Waals surface area contributed by atoms with Gasteiger partial charge in [0.25, 0.3) is 0 Å². The molecule has 0 radical (unpaired) electrons. The lowest BCUT2D eigenvalue weighted by atomic mass is 10.1. The molecule has 20 heavy (non-hydrogen) atoms. The van der Waals surface area contributed by atoms with E-state index >= 15 is 0 Å². The molecular weight excluding hydrogens is 319 g/mol. The van der Waals surface area contributed by atoms with Gasteiger partial charge in [-0.2, -0.15) is 0 Å². The minimum absolute atomic E-state index is 0.317. The van der Waals surface area contributed by atoms with Crippen molar-refractivity contribution in [2.75, 3.05) is 11.1 Å². The van der Waals surface area contributed by atoms with Crippen molar-refractivity contribution in [1.29, 1.82) is 0 Å². The Morgan fingerprint density at radius 3 is 2.45 bits per heavy atom. The second kappa shape index (κ2) is 5.13. The maximum Gasteiger partial charge on any atom is 0.125 e. The summed E-state index contributed by atoms with van der Waals surface area (Å²) < 4.78 is 14.3. The molecule has 0 amide bonds. The van der Waals surface area contributed by atoms with Gasteiger partial charge in [-0.15, -0.1) is 0 Å². The Morgan fingerprint density at radius 1 is 0.900 bits per heavy atom. The van der Waals surface area contributed by atoms with Crippen LogP contribution in [0.1, 0.15) is 0 Å². The molecule has 0 saturated carbocycles. The van der Waals surface area contributed by atoms with Crippen LogP contribution in [0.2, 0.25) is 0 Å². The quantitative estimate of drug-likeness (QED) is 0.644. The molecule has 0 fully saturated rings. The lowest BCUT2D eigenvalue weighted by Gasteiger charge is -2.13. The fourth-order valence-corrected chi connectivity index (χ4v) is 2.63. The fourth-order valence-electron chi connectivity index (χ4n) is 2.15. The maximum absolute atomic E-state index is 13.3. The number of benzene rings is 3. The first-order chi connectivity index (χ1) is 9.65. The van der Waals surface area contributed by atoms with E-state index in [1.807, 2.05) is 36.4 Å². The predicted molar refractivity (Wildman–Crippen MR) is 85.7 cm³/mol. The number of rotatable bonds is 2. The Balaban J connectivity index is 2.11. The van der Waals surface area contributed by atoms with Crippen LogP contribution in [-0.2, 0) is 0 Å². The second-order valence-corrected chi connectivity index (χ2v) is 5.35. The zero-order valence-electron chi connectivity index (χ0n) is 10.5. The number of hydrogen-bond donors (Lipinski definition) is 2. The van der Waals surface area contributed by atoms with Crippen molar-refractivity contribution in [1.82, 2.24) is 0 Å². The average Bonchev–Trinajstić information content (AvgIpc) is 2.46. The molecule has 4 heteroatoms. The summed E-state index contributed by atoms with van der Waals surface area (Å²) in [4.78, 5) is 0. The van der Waals surface area contributed by atoms with Crippen LogP contribution in [0.5, 0.6) is 0 Å². The largest absolute Gasteiger partial charge is 0.397 e. The second-order valence-electron chi connectivity index (χ2n) is 4.50. The minimum atomic E-state index is -0.317. The van der Waals surface area contributed by atoms with E-state index in [1.165, 1.54) is 12.1 Å². The van der Waals surface area contributed by atoms with Gasteiger partial charge in [-0.05, 0) is 35.7 Å². The number of hydrogen-bond acceptors (Lipinski definition) is 2. The summed E-state index contributed by atoms with van der Waals surface area (Å²) >= 11 is 3.53. The van der Waals surface area contributed by atoms with E-state index in [-0.39, 0.29) is 5.82 Å². The molecule has 2 nitrogen and oxygen atoms in total. The molecule has 0 saturated heterocycles. The molecule has 0 atom stereocenters. The van der Waals surface area contributed by atoms with Crippen molar-refractivity contribution in [3.05, 3.63) is 64.9 Å². The van der Waals surface area contributed by atoms with E-state index in [0.29, 0.717) is 11.4 Å². The van der Waals surface area contributed by atoms with Gasteiger partial charge < -0.3 is 11.1 Å². The first kappa shape index (κ1) is 12.9. The normalized spacial score (nSPS) is 10.7. The Bertz CT molecular complexity index is 787. The summed E-state index contributed by atoms with van der Waals surface area (Å²) in [7, 11) is 0. The van der Waals surface area contributed by atoms with Crippen molar-refractivity contribution < 1.29 is 4.39 Å².